The van der Waals surface area contributed by atoms with Gasteiger partial charge in [0.15, 0.2) is 0 Å². The number of aryl methyl sites for hydroxylation is 1. The first-order chi connectivity index (χ1) is 10.3. The van der Waals surface area contributed by atoms with Gasteiger partial charge in [-0.1, -0.05) is 48.0 Å². The Balaban J connectivity index is 1.58. The molecule has 0 heterocycles. The van der Waals surface area contributed by atoms with Crippen LogP contribution < -0.4 is 0 Å². The second-order valence-corrected chi connectivity index (χ2v) is 4.57. The molecule has 0 unspecified atom stereocenters. The second kappa shape index (κ2) is 8.19. The van der Waals surface area contributed by atoms with E-state index in [0.29, 0.717) is 12.2 Å². The van der Waals surface area contributed by atoms with Crippen LogP contribution in [-0.4, -0.2) is 19.2 Å². The minimum Gasteiger partial charge on any atom is -0.460 e. The fourth-order valence-electron chi connectivity index (χ4n) is 1.68. The van der Waals surface area contributed by atoms with Crippen molar-refractivity contribution in [2.75, 3.05) is 13.2 Å². The first-order valence-corrected chi connectivity index (χ1v) is 6.78. The van der Waals surface area contributed by atoms with E-state index in [1.165, 1.54) is 5.56 Å². The smallest absolute Gasteiger partial charge is 0.338 e. The third-order valence-electron chi connectivity index (χ3n) is 2.84. The maximum Gasteiger partial charge on any atom is 0.338 e. The van der Waals surface area contributed by atoms with Gasteiger partial charge in [0.2, 0.25) is 0 Å². The number of hydrogen-bond acceptors (Lipinski definition) is 4. The zero-order chi connectivity index (χ0) is 14.9. The SMILES string of the molecule is Cc1ccc(COOCCOC(=O)c2ccccc2)cc1. The van der Waals surface area contributed by atoms with Crippen LogP contribution in [0.25, 0.3) is 0 Å². The van der Waals surface area contributed by atoms with Crippen molar-refractivity contribution in [2.45, 2.75) is 13.5 Å². The van der Waals surface area contributed by atoms with Crippen LogP contribution in [0.1, 0.15) is 21.5 Å². The highest BCUT2D eigenvalue weighted by molar-refractivity contribution is 5.89. The van der Waals surface area contributed by atoms with Crippen LogP contribution in [0.15, 0.2) is 54.6 Å². The molecule has 0 aliphatic rings. The van der Waals surface area contributed by atoms with Crippen LogP contribution >= 0.6 is 0 Å². The van der Waals surface area contributed by atoms with Crippen molar-refractivity contribution in [2.24, 2.45) is 0 Å². The summed E-state index contributed by atoms with van der Waals surface area (Å²) < 4.78 is 5.05. The molecule has 0 saturated carbocycles. The highest BCUT2D eigenvalue weighted by atomic mass is 17.2. The van der Waals surface area contributed by atoms with Crippen molar-refractivity contribution in [1.82, 2.24) is 0 Å². The molecule has 0 aromatic heterocycles. The number of hydrogen-bond donors (Lipinski definition) is 0. The Labute approximate surface area is 124 Å². The van der Waals surface area contributed by atoms with Crippen LogP contribution in [0, 0.1) is 6.92 Å². The molecule has 0 spiro atoms. The second-order valence-electron chi connectivity index (χ2n) is 4.57. The number of ether oxygens (including phenoxy) is 1. The van der Waals surface area contributed by atoms with Gasteiger partial charge in [0.05, 0.1) is 5.56 Å². The van der Waals surface area contributed by atoms with E-state index in [2.05, 4.69) is 0 Å². The summed E-state index contributed by atoms with van der Waals surface area (Å²) in [6.45, 7) is 2.75. The molecule has 4 nitrogen and oxygen atoms in total. The summed E-state index contributed by atoms with van der Waals surface area (Å²) in [6.07, 6.45) is 0. The largest absolute Gasteiger partial charge is 0.460 e. The summed E-state index contributed by atoms with van der Waals surface area (Å²) in [5.74, 6) is -0.363. The van der Waals surface area contributed by atoms with Crippen LogP contribution in [0.5, 0.6) is 0 Å². The van der Waals surface area contributed by atoms with Crippen molar-refractivity contribution in [3.8, 4) is 0 Å². The average Bonchev–Trinajstić information content (AvgIpc) is 2.53. The maximum absolute atomic E-state index is 11.6. The standard InChI is InChI=1S/C17H18O4/c1-14-7-9-15(10-8-14)13-21-20-12-11-19-17(18)16-5-3-2-4-6-16/h2-10H,11-13H2,1H3. The molecule has 0 aliphatic carbocycles. The van der Waals surface area contributed by atoms with Crippen molar-refractivity contribution in [1.29, 1.82) is 0 Å². The van der Waals surface area contributed by atoms with E-state index in [4.69, 9.17) is 14.5 Å². The highest BCUT2D eigenvalue weighted by Gasteiger charge is 2.05. The monoisotopic (exact) mass is 286 g/mol. The van der Waals surface area contributed by atoms with E-state index in [-0.39, 0.29) is 19.2 Å². The van der Waals surface area contributed by atoms with Gasteiger partial charge in [0.1, 0.15) is 19.8 Å². The Morgan fingerprint density at radius 3 is 2.33 bits per heavy atom. The summed E-state index contributed by atoms with van der Waals surface area (Å²) in [7, 11) is 0. The van der Waals surface area contributed by atoms with Crippen molar-refractivity contribution < 1.29 is 19.3 Å². The van der Waals surface area contributed by atoms with Gasteiger partial charge in [-0.3, -0.25) is 0 Å². The molecule has 2 aromatic carbocycles. The lowest BCUT2D eigenvalue weighted by molar-refractivity contribution is -0.306. The van der Waals surface area contributed by atoms with Crippen LogP contribution in [0.3, 0.4) is 0 Å². The van der Waals surface area contributed by atoms with E-state index in [1.54, 1.807) is 24.3 Å². The Hall–Kier alpha value is -2.17. The van der Waals surface area contributed by atoms with Gasteiger partial charge in [-0.25, -0.2) is 14.6 Å². The van der Waals surface area contributed by atoms with E-state index in [9.17, 15) is 4.79 Å². The topological polar surface area (TPSA) is 44.8 Å². The molecule has 0 N–H and O–H groups in total. The summed E-state index contributed by atoms with van der Waals surface area (Å²) in [5, 5.41) is 0. The zero-order valence-corrected chi connectivity index (χ0v) is 12.0. The van der Waals surface area contributed by atoms with Gasteiger partial charge in [-0.15, -0.1) is 0 Å². The maximum atomic E-state index is 11.6. The van der Waals surface area contributed by atoms with Crippen LogP contribution in [0.4, 0.5) is 0 Å². The minimum atomic E-state index is -0.363. The summed E-state index contributed by atoms with van der Waals surface area (Å²) in [6, 6.07) is 16.8. The molecule has 4 heteroatoms. The number of carbonyl (C=O) groups is 1. The van der Waals surface area contributed by atoms with Gasteiger partial charge < -0.3 is 4.74 Å². The predicted molar refractivity (Wildman–Crippen MR) is 78.6 cm³/mol. The molecule has 0 fully saturated rings. The van der Waals surface area contributed by atoms with Gasteiger partial charge in [-0.2, -0.15) is 0 Å². The van der Waals surface area contributed by atoms with E-state index < -0.39 is 0 Å². The van der Waals surface area contributed by atoms with Gasteiger partial charge >= 0.3 is 5.97 Å². The van der Waals surface area contributed by atoms with Crippen LogP contribution in [-0.2, 0) is 21.1 Å². The molecular formula is C17H18O4. The summed E-state index contributed by atoms with van der Waals surface area (Å²) in [5.41, 5.74) is 2.76. The van der Waals surface area contributed by atoms with E-state index in [0.717, 1.165) is 5.56 Å². The fraction of sp³-hybridized carbons (Fsp3) is 0.235. The fourth-order valence-corrected chi connectivity index (χ4v) is 1.68. The number of esters is 1. The Morgan fingerprint density at radius 2 is 1.62 bits per heavy atom. The lowest BCUT2D eigenvalue weighted by Crippen LogP contribution is -2.11. The summed E-state index contributed by atoms with van der Waals surface area (Å²) in [4.78, 5) is 21.6. The number of benzene rings is 2. The van der Waals surface area contributed by atoms with Crippen molar-refractivity contribution in [3.63, 3.8) is 0 Å². The Morgan fingerprint density at radius 1 is 0.905 bits per heavy atom. The molecule has 0 aliphatic heterocycles. The molecule has 2 rings (SSSR count). The molecule has 0 saturated heterocycles. The quantitative estimate of drug-likeness (QED) is 0.339. The van der Waals surface area contributed by atoms with Gasteiger partial charge in [0.25, 0.3) is 0 Å². The van der Waals surface area contributed by atoms with E-state index >= 15 is 0 Å². The van der Waals surface area contributed by atoms with Crippen LogP contribution in [0.2, 0.25) is 0 Å². The van der Waals surface area contributed by atoms with Gasteiger partial charge in [0, 0.05) is 0 Å². The average molecular weight is 286 g/mol. The first kappa shape index (κ1) is 15.2. The number of rotatable bonds is 7. The molecule has 0 atom stereocenters. The van der Waals surface area contributed by atoms with Crippen molar-refractivity contribution in [3.05, 3.63) is 71.3 Å². The molecule has 2 aromatic rings. The van der Waals surface area contributed by atoms with Crippen molar-refractivity contribution >= 4 is 5.97 Å². The lowest BCUT2D eigenvalue weighted by atomic mass is 10.2. The minimum absolute atomic E-state index is 0.154. The molecule has 0 bridgehead atoms. The number of carbonyl (C=O) groups excluding carboxylic acids is 1. The highest BCUT2D eigenvalue weighted by Crippen LogP contribution is 2.05. The zero-order valence-electron chi connectivity index (χ0n) is 12.0. The Bertz CT molecular complexity index is 549. The molecule has 110 valence electrons. The summed E-state index contributed by atoms with van der Waals surface area (Å²) >= 11 is 0. The third kappa shape index (κ3) is 5.38. The normalized spacial score (nSPS) is 10.3. The molecular weight excluding hydrogens is 268 g/mol. The van der Waals surface area contributed by atoms with E-state index in [1.807, 2.05) is 37.3 Å². The molecule has 21 heavy (non-hydrogen) atoms. The molecule has 0 radical (unpaired) electrons. The molecule has 0 amide bonds. The predicted octanol–water partition coefficient (Wildman–Crippen LogP) is 3.30. The Kier molecular flexibility index (Phi) is 5.94. The first-order valence-electron chi connectivity index (χ1n) is 6.78. The third-order valence-corrected chi connectivity index (χ3v) is 2.84. The lowest BCUT2D eigenvalue weighted by Gasteiger charge is -2.06. The van der Waals surface area contributed by atoms with Gasteiger partial charge in [-0.05, 0) is 24.6 Å².